The summed E-state index contributed by atoms with van der Waals surface area (Å²) in [5, 5.41) is 12.3. The molecule has 1 aromatic carbocycles. The first-order chi connectivity index (χ1) is 11.2. The van der Waals surface area contributed by atoms with Gasteiger partial charge in [-0.1, -0.05) is 26.7 Å². The molecule has 0 spiro atoms. The minimum Gasteiger partial charge on any atom is -0.478 e. The van der Waals surface area contributed by atoms with Gasteiger partial charge in [0.1, 0.15) is 4.90 Å². The number of hydrogen-bond acceptors (Lipinski definition) is 4. The van der Waals surface area contributed by atoms with E-state index in [1.54, 1.807) is 6.92 Å². The zero-order valence-corrected chi connectivity index (χ0v) is 15.6. The fourth-order valence-corrected chi connectivity index (χ4v) is 4.06. The molecule has 0 aliphatic heterocycles. The maximum atomic E-state index is 12.7. The van der Waals surface area contributed by atoms with Crippen LogP contribution in [0.2, 0.25) is 0 Å². The van der Waals surface area contributed by atoms with Gasteiger partial charge in [-0.05, 0) is 44.9 Å². The van der Waals surface area contributed by atoms with Crippen molar-refractivity contribution < 1.29 is 18.3 Å². The van der Waals surface area contributed by atoms with Crippen LogP contribution in [-0.4, -0.2) is 31.6 Å². The molecule has 3 N–H and O–H groups in total. The molecule has 0 saturated carbocycles. The van der Waals surface area contributed by atoms with Crippen LogP contribution >= 0.6 is 0 Å². The van der Waals surface area contributed by atoms with E-state index in [9.17, 15) is 13.2 Å². The molecule has 7 heteroatoms. The van der Waals surface area contributed by atoms with Gasteiger partial charge in [0, 0.05) is 12.1 Å². The number of aromatic carboxylic acids is 1. The Labute approximate surface area is 144 Å². The summed E-state index contributed by atoms with van der Waals surface area (Å²) in [4.78, 5) is 11.2. The maximum Gasteiger partial charge on any atom is 0.335 e. The molecule has 136 valence electrons. The van der Waals surface area contributed by atoms with Gasteiger partial charge in [0.25, 0.3) is 0 Å². The van der Waals surface area contributed by atoms with Crippen LogP contribution in [0.4, 0.5) is 5.69 Å². The Morgan fingerprint density at radius 1 is 1.12 bits per heavy atom. The van der Waals surface area contributed by atoms with Gasteiger partial charge in [-0.15, -0.1) is 0 Å². The predicted octanol–water partition coefficient (Wildman–Crippen LogP) is 3.45. The lowest BCUT2D eigenvalue weighted by molar-refractivity contribution is 0.0696. The van der Waals surface area contributed by atoms with Gasteiger partial charge in [0.05, 0.1) is 11.3 Å². The molecule has 0 unspecified atom stereocenters. The van der Waals surface area contributed by atoms with Crippen LogP contribution in [0.3, 0.4) is 0 Å². The predicted molar refractivity (Wildman–Crippen MR) is 96.1 cm³/mol. The lowest BCUT2D eigenvalue weighted by atomic mass is 10.1. The molecule has 1 aromatic rings. The standard InChI is InChI=1S/C17H28N2O4S/c1-5-7-12(3)18-15-10-9-14(17(20)21)11-16(15)24(22,23)19-13(4)8-6-2/h9-13,18-19H,5-8H2,1-4H3,(H,20,21)/t12-,13+/m0/s1. The summed E-state index contributed by atoms with van der Waals surface area (Å²) in [6, 6.07) is 4.03. The third-order valence-corrected chi connectivity index (χ3v) is 5.35. The molecule has 0 bridgehead atoms. The molecule has 24 heavy (non-hydrogen) atoms. The lowest BCUT2D eigenvalue weighted by Gasteiger charge is -2.20. The smallest absolute Gasteiger partial charge is 0.335 e. The summed E-state index contributed by atoms with van der Waals surface area (Å²) in [5.74, 6) is -1.15. The second-order valence-electron chi connectivity index (χ2n) is 6.16. The van der Waals surface area contributed by atoms with Crippen molar-refractivity contribution in [3.63, 3.8) is 0 Å². The normalized spacial score (nSPS) is 14.2. The van der Waals surface area contributed by atoms with Gasteiger partial charge in [0.15, 0.2) is 0 Å². The van der Waals surface area contributed by atoms with Crippen molar-refractivity contribution in [1.29, 1.82) is 0 Å². The van der Waals surface area contributed by atoms with Crippen molar-refractivity contribution in [2.75, 3.05) is 5.32 Å². The van der Waals surface area contributed by atoms with E-state index in [2.05, 4.69) is 17.0 Å². The van der Waals surface area contributed by atoms with Crippen LogP contribution in [0.15, 0.2) is 23.1 Å². The monoisotopic (exact) mass is 356 g/mol. The minimum atomic E-state index is -3.80. The third kappa shape index (κ3) is 5.79. The maximum absolute atomic E-state index is 12.7. The summed E-state index contributed by atoms with van der Waals surface area (Å²) in [7, 11) is -3.80. The molecule has 6 nitrogen and oxygen atoms in total. The van der Waals surface area contributed by atoms with Crippen LogP contribution < -0.4 is 10.0 Å². The first-order valence-corrected chi connectivity index (χ1v) is 9.85. The topological polar surface area (TPSA) is 95.5 Å². The van der Waals surface area contributed by atoms with E-state index in [-0.39, 0.29) is 22.5 Å². The highest BCUT2D eigenvalue weighted by Gasteiger charge is 2.23. The van der Waals surface area contributed by atoms with Crippen molar-refractivity contribution in [2.24, 2.45) is 0 Å². The van der Waals surface area contributed by atoms with E-state index >= 15 is 0 Å². The van der Waals surface area contributed by atoms with Crippen LogP contribution in [0.5, 0.6) is 0 Å². The molecule has 2 atom stereocenters. The number of sulfonamides is 1. The van der Waals surface area contributed by atoms with Gasteiger partial charge in [-0.25, -0.2) is 17.9 Å². The molecule has 0 aromatic heterocycles. The number of carbonyl (C=O) groups is 1. The van der Waals surface area contributed by atoms with Gasteiger partial charge in [-0.3, -0.25) is 0 Å². The minimum absolute atomic E-state index is 0.0201. The van der Waals surface area contributed by atoms with E-state index in [0.29, 0.717) is 12.1 Å². The van der Waals surface area contributed by atoms with Crippen LogP contribution in [0.1, 0.15) is 63.7 Å². The highest BCUT2D eigenvalue weighted by atomic mass is 32.2. The zero-order chi connectivity index (χ0) is 18.3. The Kier molecular flexibility index (Phi) is 7.69. The van der Waals surface area contributed by atoms with Crippen LogP contribution in [0, 0.1) is 0 Å². The van der Waals surface area contributed by atoms with Crippen LogP contribution in [-0.2, 0) is 10.0 Å². The van der Waals surface area contributed by atoms with E-state index in [1.807, 2.05) is 13.8 Å². The average molecular weight is 356 g/mol. The molecular formula is C17H28N2O4S. The Bertz CT molecular complexity index is 659. The molecule has 0 aliphatic carbocycles. The molecule has 0 heterocycles. The highest BCUT2D eigenvalue weighted by Crippen LogP contribution is 2.25. The number of benzene rings is 1. The molecule has 0 aliphatic rings. The van der Waals surface area contributed by atoms with Gasteiger partial charge >= 0.3 is 5.97 Å². The summed E-state index contributed by atoms with van der Waals surface area (Å²) >= 11 is 0. The number of carboxylic acids is 1. The Hall–Kier alpha value is -1.60. The largest absolute Gasteiger partial charge is 0.478 e. The van der Waals surface area contributed by atoms with Crippen molar-refractivity contribution in [1.82, 2.24) is 4.72 Å². The molecule has 0 radical (unpaired) electrons. The summed E-state index contributed by atoms with van der Waals surface area (Å²) < 4.78 is 28.0. The number of nitrogens with one attached hydrogen (secondary N) is 2. The van der Waals surface area contributed by atoms with E-state index in [4.69, 9.17) is 5.11 Å². The number of rotatable bonds is 10. The van der Waals surface area contributed by atoms with Gasteiger partial charge in [-0.2, -0.15) is 0 Å². The molecule has 0 amide bonds. The number of anilines is 1. The molecule has 0 fully saturated rings. The van der Waals surface area contributed by atoms with Crippen molar-refractivity contribution in [2.45, 2.75) is 70.4 Å². The lowest BCUT2D eigenvalue weighted by Crippen LogP contribution is -2.33. The van der Waals surface area contributed by atoms with Crippen LogP contribution in [0.25, 0.3) is 0 Å². The summed E-state index contributed by atoms with van der Waals surface area (Å²) in [6.07, 6.45) is 3.43. The number of carboxylic acid groups (broad SMARTS) is 1. The van der Waals surface area contributed by atoms with Crippen molar-refractivity contribution >= 4 is 21.7 Å². The van der Waals surface area contributed by atoms with Gasteiger partial charge in [0.2, 0.25) is 10.0 Å². The van der Waals surface area contributed by atoms with Crippen molar-refractivity contribution in [3.05, 3.63) is 23.8 Å². The van der Waals surface area contributed by atoms with E-state index in [0.717, 1.165) is 19.3 Å². The molecular weight excluding hydrogens is 328 g/mol. The second-order valence-corrected chi connectivity index (χ2v) is 7.84. The first-order valence-electron chi connectivity index (χ1n) is 8.37. The fourth-order valence-electron chi connectivity index (χ4n) is 2.59. The second kappa shape index (κ2) is 9.03. The third-order valence-electron chi connectivity index (χ3n) is 3.72. The zero-order valence-electron chi connectivity index (χ0n) is 14.8. The first kappa shape index (κ1) is 20.4. The highest BCUT2D eigenvalue weighted by molar-refractivity contribution is 7.89. The average Bonchev–Trinajstić information content (AvgIpc) is 2.47. The van der Waals surface area contributed by atoms with E-state index in [1.165, 1.54) is 18.2 Å². The van der Waals surface area contributed by atoms with E-state index < -0.39 is 16.0 Å². The Morgan fingerprint density at radius 2 is 1.71 bits per heavy atom. The number of hydrogen-bond donors (Lipinski definition) is 3. The molecule has 1 rings (SSSR count). The summed E-state index contributed by atoms with van der Waals surface area (Å²) in [6.45, 7) is 7.81. The summed E-state index contributed by atoms with van der Waals surface area (Å²) in [5.41, 5.74) is 0.379. The molecule has 0 saturated heterocycles. The fraction of sp³-hybridized carbons (Fsp3) is 0.588. The van der Waals surface area contributed by atoms with Crippen molar-refractivity contribution in [3.8, 4) is 0 Å². The Morgan fingerprint density at radius 3 is 2.25 bits per heavy atom. The van der Waals surface area contributed by atoms with Gasteiger partial charge < -0.3 is 10.4 Å². The quantitative estimate of drug-likeness (QED) is 0.597. The Balaban J connectivity index is 3.24. The SMILES string of the molecule is CCC[C@@H](C)NS(=O)(=O)c1cc(C(=O)O)ccc1N[C@@H](C)CCC.